The van der Waals surface area contributed by atoms with Gasteiger partial charge in [0.2, 0.25) is 17.6 Å². The second-order valence-electron chi connectivity index (χ2n) is 7.23. The van der Waals surface area contributed by atoms with Crippen LogP contribution in [0.1, 0.15) is 24.9 Å². The maximum absolute atomic E-state index is 13.2. The fraction of sp³-hybridized carbons (Fsp3) is 0.391. The molecule has 0 radical (unpaired) electrons. The van der Waals surface area contributed by atoms with Crippen LogP contribution in [0.3, 0.4) is 0 Å². The number of hydrogen-bond donors (Lipinski definition) is 2. The summed E-state index contributed by atoms with van der Waals surface area (Å²) in [6, 6.07) is 7.94. The van der Waals surface area contributed by atoms with Gasteiger partial charge in [-0.05, 0) is 17.7 Å². The third-order valence-electron chi connectivity index (χ3n) is 5.53. The monoisotopic (exact) mass is 444 g/mol. The molecule has 3 rings (SSSR count). The van der Waals surface area contributed by atoms with Crippen molar-refractivity contribution in [3.63, 3.8) is 0 Å². The minimum absolute atomic E-state index is 0.0365. The normalized spacial score (nSPS) is 17.4. The van der Waals surface area contributed by atoms with Crippen molar-refractivity contribution in [3.05, 3.63) is 35.9 Å². The van der Waals surface area contributed by atoms with Crippen LogP contribution in [-0.4, -0.2) is 51.9 Å². The first-order chi connectivity index (χ1) is 15.4. The van der Waals surface area contributed by atoms with Crippen LogP contribution < -0.4 is 29.2 Å². The molecule has 0 spiro atoms. The van der Waals surface area contributed by atoms with Crippen molar-refractivity contribution in [2.75, 3.05) is 39.9 Å². The summed E-state index contributed by atoms with van der Waals surface area (Å²) in [5, 5.41) is 13.1. The molecule has 2 aromatic carbocycles. The summed E-state index contributed by atoms with van der Waals surface area (Å²) >= 11 is 0. The molecule has 1 aliphatic heterocycles. The van der Waals surface area contributed by atoms with Crippen LogP contribution in [0.25, 0.3) is 0 Å². The van der Waals surface area contributed by atoms with E-state index < -0.39 is 12.0 Å². The zero-order valence-corrected chi connectivity index (χ0v) is 18.8. The summed E-state index contributed by atoms with van der Waals surface area (Å²) in [4.78, 5) is 26.6. The van der Waals surface area contributed by atoms with E-state index in [4.69, 9.17) is 18.9 Å². The zero-order chi connectivity index (χ0) is 23.4. The van der Waals surface area contributed by atoms with Crippen LogP contribution in [0, 0.1) is 5.92 Å². The molecule has 1 fully saturated rings. The first-order valence-corrected chi connectivity index (χ1v) is 10.2. The lowest BCUT2D eigenvalue weighted by atomic mass is 9.81. The summed E-state index contributed by atoms with van der Waals surface area (Å²) in [6.45, 7) is 1.93. The van der Waals surface area contributed by atoms with Crippen molar-refractivity contribution in [3.8, 4) is 28.7 Å². The van der Waals surface area contributed by atoms with E-state index in [1.54, 1.807) is 42.2 Å². The van der Waals surface area contributed by atoms with Gasteiger partial charge in [-0.25, -0.2) is 0 Å². The van der Waals surface area contributed by atoms with Gasteiger partial charge in [-0.1, -0.05) is 13.0 Å². The number of rotatable bonds is 9. The Labute approximate surface area is 186 Å². The number of hydrogen-bond acceptors (Lipinski definition) is 7. The van der Waals surface area contributed by atoms with Crippen LogP contribution in [-0.2, 0) is 9.59 Å². The molecule has 1 saturated heterocycles. The van der Waals surface area contributed by atoms with Crippen molar-refractivity contribution in [1.82, 2.24) is 5.32 Å². The standard InChI is InChI=1S/C23H28N2O7/c1-6-20(27)24-12-15-21(13-7-8-17(29-2)16(26)9-13)25(23(15)28)14-10-18(30-3)22(32-5)19(11-14)31-4/h7-11,15,21,26H,6,12H2,1-5H3,(H,24,27)/t15-,21-/m0/s1. The van der Waals surface area contributed by atoms with Gasteiger partial charge >= 0.3 is 0 Å². The van der Waals surface area contributed by atoms with Gasteiger partial charge in [0, 0.05) is 25.1 Å². The number of ether oxygens (including phenoxy) is 4. The summed E-state index contributed by atoms with van der Waals surface area (Å²) in [6.07, 6.45) is 0.325. The maximum atomic E-state index is 13.2. The van der Waals surface area contributed by atoms with Crippen molar-refractivity contribution < 1.29 is 33.6 Å². The number of β-lactam (4-membered cyclic amide) rings is 1. The first kappa shape index (κ1) is 23.1. The molecule has 32 heavy (non-hydrogen) atoms. The Morgan fingerprint density at radius 3 is 2.12 bits per heavy atom. The van der Waals surface area contributed by atoms with Gasteiger partial charge in [-0.2, -0.15) is 0 Å². The average Bonchev–Trinajstić information content (AvgIpc) is 2.81. The Morgan fingerprint density at radius 1 is 1.00 bits per heavy atom. The average molecular weight is 444 g/mol. The van der Waals surface area contributed by atoms with E-state index in [0.29, 0.717) is 40.7 Å². The summed E-state index contributed by atoms with van der Waals surface area (Å²) in [5.41, 5.74) is 1.25. The molecule has 172 valence electrons. The highest BCUT2D eigenvalue weighted by Crippen LogP contribution is 2.49. The van der Waals surface area contributed by atoms with Gasteiger partial charge in [0.05, 0.1) is 46.1 Å². The van der Waals surface area contributed by atoms with E-state index >= 15 is 0 Å². The number of amides is 2. The van der Waals surface area contributed by atoms with Crippen LogP contribution in [0.4, 0.5) is 5.69 Å². The molecule has 0 saturated carbocycles. The number of anilines is 1. The Balaban J connectivity index is 2.04. The summed E-state index contributed by atoms with van der Waals surface area (Å²) in [5.74, 6) is 0.716. The third-order valence-corrected chi connectivity index (χ3v) is 5.53. The second kappa shape index (κ2) is 9.67. The molecule has 2 aromatic rings. The highest BCUT2D eigenvalue weighted by molar-refractivity contribution is 6.04. The number of carbonyl (C=O) groups is 2. The number of aromatic hydroxyl groups is 1. The Morgan fingerprint density at radius 2 is 1.62 bits per heavy atom. The smallest absolute Gasteiger partial charge is 0.234 e. The number of benzene rings is 2. The molecule has 1 aliphatic rings. The zero-order valence-electron chi connectivity index (χ0n) is 18.8. The number of methoxy groups -OCH3 is 4. The van der Waals surface area contributed by atoms with Gasteiger partial charge in [0.25, 0.3) is 0 Å². The molecule has 9 heteroatoms. The molecule has 1 heterocycles. The molecule has 0 bridgehead atoms. The van der Waals surface area contributed by atoms with E-state index in [0.717, 1.165) is 0 Å². The lowest BCUT2D eigenvalue weighted by molar-refractivity contribution is -0.130. The topological polar surface area (TPSA) is 107 Å². The van der Waals surface area contributed by atoms with Crippen molar-refractivity contribution in [2.45, 2.75) is 19.4 Å². The van der Waals surface area contributed by atoms with Crippen LogP contribution in [0.15, 0.2) is 30.3 Å². The maximum Gasteiger partial charge on any atom is 0.234 e. The van der Waals surface area contributed by atoms with Crippen molar-refractivity contribution >= 4 is 17.5 Å². The van der Waals surface area contributed by atoms with Gasteiger partial charge in [-0.15, -0.1) is 0 Å². The molecule has 0 unspecified atom stereocenters. The predicted octanol–water partition coefficient (Wildman–Crippen LogP) is 2.66. The molecule has 2 atom stereocenters. The van der Waals surface area contributed by atoms with E-state index in [9.17, 15) is 14.7 Å². The fourth-order valence-corrected chi connectivity index (χ4v) is 3.86. The summed E-state index contributed by atoms with van der Waals surface area (Å²) < 4.78 is 21.4. The van der Waals surface area contributed by atoms with Gasteiger partial charge in [0.1, 0.15) is 0 Å². The molecule has 2 amide bonds. The van der Waals surface area contributed by atoms with Crippen LogP contribution in [0.2, 0.25) is 0 Å². The van der Waals surface area contributed by atoms with Gasteiger partial charge in [-0.3, -0.25) is 9.59 Å². The predicted molar refractivity (Wildman–Crippen MR) is 118 cm³/mol. The van der Waals surface area contributed by atoms with Crippen LogP contribution in [0.5, 0.6) is 28.7 Å². The third kappa shape index (κ3) is 4.10. The number of phenols is 1. The minimum Gasteiger partial charge on any atom is -0.504 e. The quantitative estimate of drug-likeness (QED) is 0.573. The van der Waals surface area contributed by atoms with E-state index in [-0.39, 0.29) is 24.1 Å². The Bertz CT molecular complexity index is 983. The van der Waals surface area contributed by atoms with Gasteiger partial charge in [0.15, 0.2) is 23.0 Å². The molecule has 2 N–H and O–H groups in total. The molecular formula is C23H28N2O7. The van der Waals surface area contributed by atoms with Gasteiger partial charge < -0.3 is 34.3 Å². The Kier molecular flexibility index (Phi) is 6.97. The SMILES string of the molecule is CCC(=O)NC[C@@H]1C(=O)N(c2cc(OC)c(OC)c(OC)c2)[C@H]1c1ccc(OC)c(O)c1. The lowest BCUT2D eigenvalue weighted by Crippen LogP contribution is -2.58. The number of phenolic OH excluding ortho intramolecular Hbond substituents is 1. The van der Waals surface area contributed by atoms with Crippen LogP contribution >= 0.6 is 0 Å². The molecule has 9 nitrogen and oxygen atoms in total. The van der Waals surface area contributed by atoms with Crippen molar-refractivity contribution in [1.29, 1.82) is 0 Å². The number of nitrogens with one attached hydrogen (secondary N) is 1. The largest absolute Gasteiger partial charge is 0.504 e. The fourth-order valence-electron chi connectivity index (χ4n) is 3.86. The number of carbonyl (C=O) groups excluding carboxylic acids is 2. The Hall–Kier alpha value is -3.62. The lowest BCUT2D eigenvalue weighted by Gasteiger charge is -2.47. The number of nitrogens with zero attached hydrogens (tertiary/aromatic N) is 1. The molecular weight excluding hydrogens is 416 g/mol. The summed E-state index contributed by atoms with van der Waals surface area (Å²) in [7, 11) is 5.97. The van der Waals surface area contributed by atoms with E-state index in [2.05, 4.69) is 5.32 Å². The van der Waals surface area contributed by atoms with E-state index in [1.165, 1.54) is 28.4 Å². The van der Waals surface area contributed by atoms with Crippen molar-refractivity contribution in [2.24, 2.45) is 5.92 Å². The molecule has 0 aliphatic carbocycles. The minimum atomic E-state index is -0.502. The molecule has 0 aromatic heterocycles. The first-order valence-electron chi connectivity index (χ1n) is 10.2. The highest BCUT2D eigenvalue weighted by Gasteiger charge is 2.49. The second-order valence-corrected chi connectivity index (χ2v) is 7.23. The van der Waals surface area contributed by atoms with E-state index in [1.807, 2.05) is 0 Å². The highest BCUT2D eigenvalue weighted by atomic mass is 16.5.